The number of hydrogen-bond donors (Lipinski definition) is 1. The van der Waals surface area contributed by atoms with Crippen molar-refractivity contribution in [2.45, 2.75) is 13.8 Å². The maximum Gasteiger partial charge on any atom is 0.203 e. The number of benzene rings is 1. The Hall–Kier alpha value is -2.34. The third kappa shape index (κ3) is 4.33. The van der Waals surface area contributed by atoms with Gasteiger partial charge in [-0.25, -0.2) is 4.98 Å². The molecule has 2 rings (SSSR count). The van der Waals surface area contributed by atoms with Crippen molar-refractivity contribution in [1.82, 2.24) is 4.98 Å². The SMILES string of the molecule is C=C(C)COc1c(C=NNc2nc(C)cs2)cccc1OC. The number of nitrogens with zero attached hydrogens (tertiary/aromatic N) is 2. The molecule has 2 aromatic rings. The summed E-state index contributed by atoms with van der Waals surface area (Å²) in [7, 11) is 1.61. The summed E-state index contributed by atoms with van der Waals surface area (Å²) >= 11 is 1.51. The quantitative estimate of drug-likeness (QED) is 0.478. The number of ether oxygens (including phenoxy) is 2. The zero-order valence-corrected chi connectivity index (χ0v) is 13.7. The lowest BCUT2D eigenvalue weighted by atomic mass is 10.2. The zero-order chi connectivity index (χ0) is 15.9. The number of para-hydroxylation sites is 1. The van der Waals surface area contributed by atoms with E-state index in [-0.39, 0.29) is 0 Å². The fourth-order valence-corrected chi connectivity index (χ4v) is 2.34. The average molecular weight is 317 g/mol. The highest BCUT2D eigenvalue weighted by atomic mass is 32.1. The summed E-state index contributed by atoms with van der Waals surface area (Å²) in [6.07, 6.45) is 1.69. The van der Waals surface area contributed by atoms with Crippen molar-refractivity contribution in [3.05, 3.63) is 47.0 Å². The second-order valence-corrected chi connectivity index (χ2v) is 5.65. The van der Waals surface area contributed by atoms with Gasteiger partial charge in [0.05, 0.1) is 19.0 Å². The molecule has 0 fully saturated rings. The first-order valence-electron chi connectivity index (χ1n) is 6.75. The molecule has 116 valence electrons. The maximum absolute atomic E-state index is 5.77. The van der Waals surface area contributed by atoms with Crippen LogP contribution in [0.3, 0.4) is 0 Å². The highest BCUT2D eigenvalue weighted by Crippen LogP contribution is 2.30. The van der Waals surface area contributed by atoms with E-state index in [0.717, 1.165) is 22.0 Å². The summed E-state index contributed by atoms with van der Waals surface area (Å²) in [5.74, 6) is 1.31. The molecule has 0 aliphatic rings. The van der Waals surface area contributed by atoms with Crippen LogP contribution >= 0.6 is 11.3 Å². The van der Waals surface area contributed by atoms with Crippen LogP contribution in [0.1, 0.15) is 18.2 Å². The highest BCUT2D eigenvalue weighted by Gasteiger charge is 2.09. The number of aryl methyl sites for hydroxylation is 1. The summed E-state index contributed by atoms with van der Waals surface area (Å²) in [5.41, 5.74) is 5.63. The molecule has 22 heavy (non-hydrogen) atoms. The van der Waals surface area contributed by atoms with E-state index >= 15 is 0 Å². The molecule has 1 N–H and O–H groups in total. The predicted octanol–water partition coefficient (Wildman–Crippen LogP) is 3.86. The van der Waals surface area contributed by atoms with Gasteiger partial charge in [-0.1, -0.05) is 12.6 Å². The minimum Gasteiger partial charge on any atom is -0.493 e. The molecule has 1 heterocycles. The molecule has 6 heteroatoms. The fraction of sp³-hybridized carbons (Fsp3) is 0.250. The number of thiazole rings is 1. The van der Waals surface area contributed by atoms with E-state index in [1.54, 1.807) is 13.3 Å². The number of anilines is 1. The van der Waals surface area contributed by atoms with E-state index in [2.05, 4.69) is 22.1 Å². The Balaban J connectivity index is 2.16. The van der Waals surface area contributed by atoms with Gasteiger partial charge in [0.2, 0.25) is 5.13 Å². The van der Waals surface area contributed by atoms with Crippen LogP contribution in [0.15, 0.2) is 40.8 Å². The van der Waals surface area contributed by atoms with E-state index in [4.69, 9.17) is 9.47 Å². The van der Waals surface area contributed by atoms with E-state index in [9.17, 15) is 0 Å². The smallest absolute Gasteiger partial charge is 0.203 e. The molecule has 0 saturated carbocycles. The van der Waals surface area contributed by atoms with Crippen molar-refractivity contribution in [2.75, 3.05) is 19.1 Å². The zero-order valence-electron chi connectivity index (χ0n) is 12.9. The molecule has 0 amide bonds. The number of hydrazone groups is 1. The van der Waals surface area contributed by atoms with Crippen molar-refractivity contribution in [3.63, 3.8) is 0 Å². The van der Waals surface area contributed by atoms with Gasteiger partial charge in [-0.15, -0.1) is 11.3 Å². The van der Waals surface area contributed by atoms with Gasteiger partial charge in [0.25, 0.3) is 0 Å². The molecule has 0 aliphatic carbocycles. The Kier molecular flexibility index (Phi) is 5.55. The molecule has 0 saturated heterocycles. The highest BCUT2D eigenvalue weighted by molar-refractivity contribution is 7.13. The predicted molar refractivity (Wildman–Crippen MR) is 91.4 cm³/mol. The first kappa shape index (κ1) is 16.0. The Morgan fingerprint density at radius 1 is 1.50 bits per heavy atom. The van der Waals surface area contributed by atoms with E-state index in [1.165, 1.54) is 11.3 Å². The topological polar surface area (TPSA) is 55.7 Å². The number of methoxy groups -OCH3 is 1. The molecule has 0 radical (unpaired) electrons. The molecular formula is C16H19N3O2S. The average Bonchev–Trinajstić information content (AvgIpc) is 2.91. The van der Waals surface area contributed by atoms with Gasteiger partial charge in [-0.3, -0.25) is 5.43 Å². The number of rotatable bonds is 7. The van der Waals surface area contributed by atoms with Gasteiger partial charge >= 0.3 is 0 Å². The van der Waals surface area contributed by atoms with E-state index in [0.29, 0.717) is 18.1 Å². The molecule has 0 atom stereocenters. The maximum atomic E-state index is 5.77. The van der Waals surface area contributed by atoms with Gasteiger partial charge < -0.3 is 9.47 Å². The standard InChI is InChI=1S/C16H19N3O2S/c1-11(2)9-21-15-13(6-5-7-14(15)20-4)8-17-19-16-18-12(3)10-22-16/h5-8,10H,1,9H2,2-4H3,(H,18,19). The lowest BCUT2D eigenvalue weighted by Crippen LogP contribution is -2.03. The molecule has 0 unspecified atom stereocenters. The van der Waals surface area contributed by atoms with Crippen LogP contribution in [0.25, 0.3) is 0 Å². The number of hydrogen-bond acceptors (Lipinski definition) is 6. The molecule has 0 bridgehead atoms. The summed E-state index contributed by atoms with van der Waals surface area (Å²) in [6.45, 7) is 8.13. The van der Waals surface area contributed by atoms with Crippen molar-refractivity contribution in [2.24, 2.45) is 5.10 Å². The monoisotopic (exact) mass is 317 g/mol. The summed E-state index contributed by atoms with van der Waals surface area (Å²) in [4.78, 5) is 4.28. The lowest BCUT2D eigenvalue weighted by Gasteiger charge is -2.12. The minimum atomic E-state index is 0.431. The van der Waals surface area contributed by atoms with Crippen LogP contribution in [-0.4, -0.2) is 24.9 Å². The summed E-state index contributed by atoms with van der Waals surface area (Å²) in [6, 6.07) is 5.65. The van der Waals surface area contributed by atoms with Gasteiger partial charge in [0, 0.05) is 10.9 Å². The lowest BCUT2D eigenvalue weighted by molar-refractivity contribution is 0.319. The molecule has 1 aromatic heterocycles. The van der Waals surface area contributed by atoms with Crippen LogP contribution in [0.5, 0.6) is 11.5 Å². The fourth-order valence-electron chi connectivity index (χ4n) is 1.71. The van der Waals surface area contributed by atoms with Crippen molar-refractivity contribution < 1.29 is 9.47 Å². The molecule has 5 nitrogen and oxygen atoms in total. The third-order valence-corrected chi connectivity index (χ3v) is 3.54. The van der Waals surface area contributed by atoms with E-state index in [1.807, 2.05) is 37.4 Å². The molecule has 0 aliphatic heterocycles. The Bertz CT molecular complexity index is 680. The molecule has 1 aromatic carbocycles. The number of nitrogens with one attached hydrogen (secondary N) is 1. The van der Waals surface area contributed by atoms with Crippen LogP contribution in [-0.2, 0) is 0 Å². The van der Waals surface area contributed by atoms with Crippen molar-refractivity contribution >= 4 is 22.7 Å². The molecular weight excluding hydrogens is 298 g/mol. The Morgan fingerprint density at radius 3 is 2.95 bits per heavy atom. The Labute approximate surface area is 134 Å². The van der Waals surface area contributed by atoms with Gasteiger partial charge in [-0.2, -0.15) is 5.10 Å². The first-order chi connectivity index (χ1) is 10.6. The van der Waals surface area contributed by atoms with Crippen LogP contribution in [0, 0.1) is 6.92 Å². The summed E-state index contributed by atoms with van der Waals surface area (Å²) < 4.78 is 11.1. The normalized spacial score (nSPS) is 10.7. The second-order valence-electron chi connectivity index (χ2n) is 4.79. The van der Waals surface area contributed by atoms with Crippen LogP contribution in [0.4, 0.5) is 5.13 Å². The van der Waals surface area contributed by atoms with Crippen molar-refractivity contribution in [3.8, 4) is 11.5 Å². The van der Waals surface area contributed by atoms with Crippen LogP contribution < -0.4 is 14.9 Å². The summed E-state index contributed by atoms with van der Waals surface area (Å²) in [5, 5.41) is 6.92. The van der Waals surface area contributed by atoms with Gasteiger partial charge in [-0.05, 0) is 31.6 Å². The second kappa shape index (κ2) is 7.61. The van der Waals surface area contributed by atoms with Crippen molar-refractivity contribution in [1.29, 1.82) is 0 Å². The van der Waals surface area contributed by atoms with Gasteiger partial charge in [0.15, 0.2) is 11.5 Å². The van der Waals surface area contributed by atoms with Crippen LogP contribution in [0.2, 0.25) is 0 Å². The minimum absolute atomic E-state index is 0.431. The largest absolute Gasteiger partial charge is 0.493 e. The Morgan fingerprint density at radius 2 is 2.32 bits per heavy atom. The molecule has 0 spiro atoms. The first-order valence-corrected chi connectivity index (χ1v) is 7.63. The van der Waals surface area contributed by atoms with E-state index < -0.39 is 0 Å². The third-order valence-electron chi connectivity index (χ3n) is 2.68. The number of aromatic nitrogens is 1. The van der Waals surface area contributed by atoms with Gasteiger partial charge in [0.1, 0.15) is 6.61 Å².